The molecule has 0 spiro atoms. The Morgan fingerprint density at radius 2 is 0.609 bits per heavy atom. The first-order valence-electron chi connectivity index (χ1n) is 45.2. The quantitative estimate of drug-likeness (QED) is 0.0199. The van der Waals surface area contributed by atoms with Gasteiger partial charge in [-0.2, -0.15) is 0 Å². The molecule has 19 nitrogen and oxygen atoms in total. The van der Waals surface area contributed by atoms with Crippen molar-refractivity contribution in [1.82, 2.24) is 5.32 Å². The van der Waals surface area contributed by atoms with Gasteiger partial charge in [-0.25, -0.2) is 0 Å². The normalized spacial score (nSPS) is 25.5. The van der Waals surface area contributed by atoms with Gasteiger partial charge in [0.2, 0.25) is 5.91 Å². The fourth-order valence-corrected chi connectivity index (χ4v) is 15.0. The lowest BCUT2D eigenvalue weighted by molar-refractivity contribution is -0.379. The van der Waals surface area contributed by atoms with Crippen LogP contribution in [0.25, 0.3) is 0 Å². The zero-order valence-electron chi connectivity index (χ0n) is 69.2. The number of hydrogen-bond acceptors (Lipinski definition) is 18. The summed E-state index contributed by atoms with van der Waals surface area (Å²) in [7, 11) is 0. The van der Waals surface area contributed by atoms with Gasteiger partial charge in [-0.3, -0.25) is 4.79 Å². The van der Waals surface area contributed by atoms with Crippen LogP contribution in [0.15, 0.2) is 72.9 Å². The standard InChI is InChI=1S/C91H165NO18/c1-3-5-7-9-11-13-15-17-19-21-23-25-27-29-30-31-32-33-34-35-36-37-38-39-40-41-42-43-44-45-47-49-51-53-55-57-59-61-63-65-67-69-79(97)92-74(75(96)68-66-64-62-60-58-56-54-52-50-48-46-28-26-24-22-20-18-16-14-12-10-8-6-4-2)73-105-89-85(103)82(100)87(77(71-94)107-89)110-91-86(104)83(101)88(78(72-95)108-91)109-90-84(102)81(99)80(98)76(70-93)106-90/h15,17,21,23,27,29,50,52,58,60,66,68,74-78,80-91,93-96,98-104H,3-14,16,18-20,22,24-26,28,30-49,51,53-57,59,61-65,67,69-73H2,1-2H3,(H,92,97)/b17-15-,23-21-,29-27-,52-50+,60-58+,68-66+. The summed E-state index contributed by atoms with van der Waals surface area (Å²) in [5.74, 6) is -0.284. The molecule has 0 aromatic rings. The lowest BCUT2D eigenvalue weighted by Crippen LogP contribution is -2.66. The van der Waals surface area contributed by atoms with E-state index in [-0.39, 0.29) is 18.9 Å². The van der Waals surface area contributed by atoms with E-state index in [2.05, 4.69) is 79.9 Å². The number of hydrogen-bond donors (Lipinski definition) is 12. The van der Waals surface area contributed by atoms with Gasteiger partial charge in [0.25, 0.3) is 0 Å². The second kappa shape index (κ2) is 70.4. The summed E-state index contributed by atoms with van der Waals surface area (Å²) < 4.78 is 34.5. The highest BCUT2D eigenvalue weighted by Crippen LogP contribution is 2.34. The number of unbranched alkanes of at least 4 members (excludes halogenated alkanes) is 47. The molecule has 0 bridgehead atoms. The van der Waals surface area contributed by atoms with Crippen LogP contribution < -0.4 is 5.32 Å². The third-order valence-electron chi connectivity index (χ3n) is 22.2. The van der Waals surface area contributed by atoms with Crippen LogP contribution in [0.2, 0.25) is 0 Å². The number of amides is 1. The van der Waals surface area contributed by atoms with Crippen molar-refractivity contribution in [2.75, 3.05) is 26.4 Å². The Labute approximate surface area is 668 Å². The Balaban J connectivity index is 1.30. The van der Waals surface area contributed by atoms with Crippen LogP contribution in [0, 0.1) is 0 Å². The van der Waals surface area contributed by atoms with Crippen LogP contribution in [-0.2, 0) is 33.2 Å². The minimum atomic E-state index is -1.98. The molecule has 12 N–H and O–H groups in total. The van der Waals surface area contributed by atoms with E-state index in [9.17, 15) is 61.0 Å². The number of carbonyl (C=O) groups is 1. The van der Waals surface area contributed by atoms with Gasteiger partial charge in [0.15, 0.2) is 18.9 Å². The van der Waals surface area contributed by atoms with E-state index >= 15 is 0 Å². The molecule has 110 heavy (non-hydrogen) atoms. The molecule has 0 aromatic carbocycles. The number of allylic oxidation sites excluding steroid dienone is 11. The summed E-state index contributed by atoms with van der Waals surface area (Å²) in [6.45, 7) is 1.74. The zero-order valence-corrected chi connectivity index (χ0v) is 69.2. The molecule has 17 atom stereocenters. The summed E-state index contributed by atoms with van der Waals surface area (Å²) >= 11 is 0. The highest BCUT2D eigenvalue weighted by Gasteiger charge is 2.54. The molecule has 19 heteroatoms. The molecule has 3 saturated heterocycles. The zero-order chi connectivity index (χ0) is 79.5. The fourth-order valence-electron chi connectivity index (χ4n) is 15.0. The molecule has 17 unspecified atom stereocenters. The Hall–Kier alpha value is -2.77. The minimum absolute atomic E-state index is 0.234. The van der Waals surface area contributed by atoms with Crippen molar-refractivity contribution in [1.29, 1.82) is 0 Å². The highest BCUT2D eigenvalue weighted by molar-refractivity contribution is 5.76. The van der Waals surface area contributed by atoms with Crippen LogP contribution in [0.1, 0.15) is 367 Å². The second-order valence-corrected chi connectivity index (χ2v) is 32.0. The van der Waals surface area contributed by atoms with E-state index < -0.39 is 124 Å². The average molecular weight is 1560 g/mol. The SMILES string of the molecule is CCCCCCC/C=C\C/C=C\C/C=C\CCCCCCCCCCCCCCCCCCCCCCCCCCCCC(=O)NC(COC1OC(CO)C(OC2OC(CO)C(OC3OC(CO)C(O)C(O)C3O)C(O)C2O)C(O)C1O)C(O)/C=C/CC/C=C/CC/C=C/CCCCCCCCCCCCCCCC. The maximum atomic E-state index is 13.5. The molecule has 3 rings (SSSR count). The van der Waals surface area contributed by atoms with Gasteiger partial charge in [0.1, 0.15) is 73.2 Å². The van der Waals surface area contributed by atoms with Crippen molar-refractivity contribution in [2.24, 2.45) is 0 Å². The molecule has 3 heterocycles. The number of aliphatic hydroxyl groups is 11. The molecule has 3 aliphatic heterocycles. The minimum Gasteiger partial charge on any atom is -0.394 e. The summed E-state index contributed by atoms with van der Waals surface area (Å²) in [6, 6.07) is -0.999. The molecule has 3 aliphatic rings. The van der Waals surface area contributed by atoms with Crippen LogP contribution in [-0.4, -0.2) is 193 Å². The van der Waals surface area contributed by atoms with Crippen LogP contribution in [0.5, 0.6) is 0 Å². The maximum Gasteiger partial charge on any atom is 0.220 e. The first-order chi connectivity index (χ1) is 53.8. The van der Waals surface area contributed by atoms with Crippen molar-refractivity contribution < 1.29 is 89.4 Å². The smallest absolute Gasteiger partial charge is 0.220 e. The van der Waals surface area contributed by atoms with Crippen LogP contribution in [0.4, 0.5) is 0 Å². The lowest BCUT2D eigenvalue weighted by atomic mass is 9.96. The van der Waals surface area contributed by atoms with Crippen molar-refractivity contribution in [3.05, 3.63) is 72.9 Å². The molecule has 0 radical (unpaired) electrons. The van der Waals surface area contributed by atoms with Crippen molar-refractivity contribution in [3.63, 3.8) is 0 Å². The summed E-state index contributed by atoms with van der Waals surface area (Å²) in [5, 5.41) is 121. The van der Waals surface area contributed by atoms with Gasteiger partial charge in [-0.05, 0) is 83.5 Å². The van der Waals surface area contributed by atoms with Gasteiger partial charge < -0.3 is 89.9 Å². The first kappa shape index (κ1) is 101. The van der Waals surface area contributed by atoms with Gasteiger partial charge in [-0.1, -0.05) is 350 Å². The molecule has 0 saturated carbocycles. The van der Waals surface area contributed by atoms with E-state index in [1.54, 1.807) is 6.08 Å². The number of rotatable bonds is 73. The molecule has 0 aromatic heterocycles. The highest BCUT2D eigenvalue weighted by atomic mass is 16.8. The number of aliphatic hydroxyl groups excluding tert-OH is 11. The van der Waals surface area contributed by atoms with Crippen molar-refractivity contribution in [3.8, 4) is 0 Å². The second-order valence-electron chi connectivity index (χ2n) is 32.0. The van der Waals surface area contributed by atoms with Gasteiger partial charge in [0.05, 0.1) is 38.6 Å². The van der Waals surface area contributed by atoms with Crippen molar-refractivity contribution in [2.45, 2.75) is 471 Å². The van der Waals surface area contributed by atoms with E-state index in [4.69, 9.17) is 28.4 Å². The van der Waals surface area contributed by atoms with E-state index in [1.165, 1.54) is 276 Å². The predicted molar refractivity (Wildman–Crippen MR) is 443 cm³/mol. The Morgan fingerprint density at radius 1 is 0.327 bits per heavy atom. The molecule has 1 amide bonds. The van der Waals surface area contributed by atoms with Crippen LogP contribution >= 0.6 is 0 Å². The average Bonchev–Trinajstić information content (AvgIpc) is 0.782. The summed E-state index contributed by atoms with van der Waals surface area (Å²) in [6.07, 6.45) is 67.8. The Bertz CT molecular complexity index is 2270. The number of ether oxygens (including phenoxy) is 6. The molecular formula is C91H165NO18. The maximum absolute atomic E-state index is 13.5. The van der Waals surface area contributed by atoms with E-state index in [1.807, 2.05) is 6.08 Å². The van der Waals surface area contributed by atoms with Gasteiger partial charge in [0, 0.05) is 6.42 Å². The summed E-state index contributed by atoms with van der Waals surface area (Å²) in [5.41, 5.74) is 0. The Kier molecular flexibility index (Phi) is 64.9. The topological polar surface area (TPSA) is 307 Å². The van der Waals surface area contributed by atoms with E-state index in [0.717, 1.165) is 57.8 Å². The molecule has 0 aliphatic carbocycles. The largest absolute Gasteiger partial charge is 0.394 e. The number of carbonyl (C=O) groups excluding carboxylic acids is 1. The lowest BCUT2D eigenvalue weighted by Gasteiger charge is -2.48. The molecule has 3 fully saturated rings. The van der Waals surface area contributed by atoms with Crippen LogP contribution in [0.3, 0.4) is 0 Å². The Morgan fingerprint density at radius 3 is 0.973 bits per heavy atom. The third-order valence-corrected chi connectivity index (χ3v) is 22.2. The van der Waals surface area contributed by atoms with E-state index in [0.29, 0.717) is 12.8 Å². The first-order valence-corrected chi connectivity index (χ1v) is 45.2. The third kappa shape index (κ3) is 48.7. The fraction of sp³-hybridized carbons (Fsp3) is 0.857. The molecule has 642 valence electrons. The van der Waals surface area contributed by atoms with Gasteiger partial charge in [-0.15, -0.1) is 0 Å². The summed E-state index contributed by atoms with van der Waals surface area (Å²) in [4.78, 5) is 13.5. The molecular weight excluding hydrogens is 1390 g/mol. The predicted octanol–water partition coefficient (Wildman–Crippen LogP) is 17.1. The van der Waals surface area contributed by atoms with Crippen molar-refractivity contribution >= 4 is 5.91 Å². The van der Waals surface area contributed by atoms with Gasteiger partial charge >= 0.3 is 0 Å². The monoisotopic (exact) mass is 1560 g/mol. The number of nitrogens with one attached hydrogen (secondary N) is 1.